The van der Waals surface area contributed by atoms with Gasteiger partial charge in [-0.2, -0.15) is 13.2 Å². The molecule has 1 aromatic carbocycles. The monoisotopic (exact) mass is 359 g/mol. The molecule has 1 aromatic heterocycles. The van der Waals surface area contributed by atoms with Crippen LogP contribution < -0.4 is 5.32 Å². The Morgan fingerprint density at radius 1 is 1.33 bits per heavy atom. The zero-order valence-electron chi connectivity index (χ0n) is 13.1. The zero-order chi connectivity index (χ0) is 17.7. The molecule has 9 heteroatoms. The standard InChI is InChI=1S/C15H16F3N3O2S/c1-9-14(24(2,22)23)10-4-3-5-11(15(16,17)18)13(10)21(9)8-12-19-6-7-20-12/h3-5H,6-8H2,1-2H3,(H,19,20). The molecule has 2 aromatic rings. The molecule has 1 N–H and O–H groups in total. The van der Waals surface area contributed by atoms with Crippen LogP contribution in [0.3, 0.4) is 0 Å². The third kappa shape index (κ3) is 2.77. The molecule has 2 heterocycles. The maximum atomic E-state index is 13.4. The van der Waals surface area contributed by atoms with Crippen LogP contribution in [-0.4, -0.2) is 38.2 Å². The van der Waals surface area contributed by atoms with E-state index in [9.17, 15) is 21.6 Å². The molecule has 1 aliphatic heterocycles. The first kappa shape index (κ1) is 16.8. The number of para-hydroxylation sites is 1. The number of rotatable bonds is 3. The lowest BCUT2D eigenvalue weighted by atomic mass is 10.1. The van der Waals surface area contributed by atoms with Crippen molar-refractivity contribution in [3.63, 3.8) is 0 Å². The van der Waals surface area contributed by atoms with Crippen LogP contribution in [0.15, 0.2) is 28.1 Å². The van der Waals surface area contributed by atoms with E-state index in [1.54, 1.807) is 0 Å². The normalized spacial score (nSPS) is 15.6. The maximum absolute atomic E-state index is 13.4. The van der Waals surface area contributed by atoms with Gasteiger partial charge in [0.05, 0.1) is 29.1 Å². The Bertz CT molecular complexity index is 943. The van der Waals surface area contributed by atoms with Gasteiger partial charge in [0.15, 0.2) is 9.84 Å². The lowest BCUT2D eigenvalue weighted by Gasteiger charge is -2.13. The van der Waals surface area contributed by atoms with E-state index in [0.717, 1.165) is 12.3 Å². The molecule has 0 amide bonds. The van der Waals surface area contributed by atoms with Crippen LogP contribution >= 0.6 is 0 Å². The van der Waals surface area contributed by atoms with E-state index in [1.165, 1.54) is 23.6 Å². The Kier molecular flexibility index (Phi) is 3.86. The van der Waals surface area contributed by atoms with Crippen LogP contribution in [0.25, 0.3) is 10.9 Å². The Labute approximate surface area is 137 Å². The third-order valence-electron chi connectivity index (χ3n) is 4.01. The number of aromatic nitrogens is 1. The molecule has 24 heavy (non-hydrogen) atoms. The van der Waals surface area contributed by atoms with Crippen molar-refractivity contribution in [2.24, 2.45) is 4.99 Å². The third-order valence-corrected chi connectivity index (χ3v) is 5.27. The number of aliphatic imine (C=N–C) groups is 1. The van der Waals surface area contributed by atoms with Crippen molar-refractivity contribution >= 4 is 26.6 Å². The molecule has 3 rings (SSSR count). The van der Waals surface area contributed by atoms with Gasteiger partial charge < -0.3 is 9.88 Å². The highest BCUT2D eigenvalue weighted by atomic mass is 32.2. The van der Waals surface area contributed by atoms with Crippen molar-refractivity contribution in [2.45, 2.75) is 24.5 Å². The van der Waals surface area contributed by atoms with E-state index < -0.39 is 21.6 Å². The number of halogens is 3. The minimum Gasteiger partial charge on any atom is -0.370 e. The fourth-order valence-corrected chi connectivity index (χ4v) is 4.31. The highest BCUT2D eigenvalue weighted by Gasteiger charge is 2.36. The Morgan fingerprint density at radius 3 is 2.58 bits per heavy atom. The number of nitrogens with zero attached hydrogens (tertiary/aromatic N) is 2. The molecular weight excluding hydrogens is 343 g/mol. The summed E-state index contributed by atoms with van der Waals surface area (Å²) < 4.78 is 66.0. The lowest BCUT2D eigenvalue weighted by molar-refractivity contribution is -0.136. The largest absolute Gasteiger partial charge is 0.418 e. The molecule has 0 bridgehead atoms. The average Bonchev–Trinajstić information content (AvgIpc) is 3.04. The summed E-state index contributed by atoms with van der Waals surface area (Å²) in [4.78, 5) is 4.13. The summed E-state index contributed by atoms with van der Waals surface area (Å²) in [6.45, 7) is 2.77. The molecule has 0 saturated carbocycles. The molecule has 5 nitrogen and oxygen atoms in total. The van der Waals surface area contributed by atoms with Gasteiger partial charge in [-0.1, -0.05) is 12.1 Å². The minimum atomic E-state index is -4.58. The van der Waals surface area contributed by atoms with Gasteiger partial charge in [-0.15, -0.1) is 0 Å². The van der Waals surface area contributed by atoms with Crippen molar-refractivity contribution in [2.75, 3.05) is 19.3 Å². The van der Waals surface area contributed by atoms with Crippen LogP contribution in [0.5, 0.6) is 0 Å². The first-order valence-electron chi connectivity index (χ1n) is 7.27. The first-order chi connectivity index (χ1) is 11.1. The zero-order valence-corrected chi connectivity index (χ0v) is 13.9. The summed E-state index contributed by atoms with van der Waals surface area (Å²) in [6.07, 6.45) is -3.58. The van der Waals surface area contributed by atoms with Crippen LogP contribution in [0.4, 0.5) is 13.2 Å². The van der Waals surface area contributed by atoms with E-state index in [0.29, 0.717) is 18.9 Å². The number of fused-ring (bicyclic) bond motifs is 1. The Morgan fingerprint density at radius 2 is 2.04 bits per heavy atom. The molecule has 0 saturated heterocycles. The summed E-state index contributed by atoms with van der Waals surface area (Å²) in [6, 6.07) is 3.61. The SMILES string of the molecule is Cc1c(S(C)(=O)=O)c2cccc(C(F)(F)F)c2n1CC1=NCCN1. The van der Waals surface area contributed by atoms with Crippen LogP contribution in [-0.2, 0) is 22.6 Å². The van der Waals surface area contributed by atoms with Crippen molar-refractivity contribution in [3.8, 4) is 0 Å². The molecule has 1 aliphatic rings. The average molecular weight is 359 g/mol. The van der Waals surface area contributed by atoms with Crippen LogP contribution in [0, 0.1) is 6.92 Å². The van der Waals surface area contributed by atoms with Crippen molar-refractivity contribution in [1.82, 2.24) is 9.88 Å². The second-order valence-electron chi connectivity index (χ2n) is 5.73. The van der Waals surface area contributed by atoms with E-state index in [2.05, 4.69) is 10.3 Å². The van der Waals surface area contributed by atoms with E-state index in [4.69, 9.17) is 0 Å². The number of sulfone groups is 1. The van der Waals surface area contributed by atoms with Gasteiger partial charge in [-0.3, -0.25) is 4.99 Å². The number of alkyl halides is 3. The molecule has 0 fully saturated rings. The second-order valence-corrected chi connectivity index (χ2v) is 7.68. The molecule has 0 unspecified atom stereocenters. The highest BCUT2D eigenvalue weighted by Crippen LogP contribution is 2.39. The summed E-state index contributed by atoms with van der Waals surface area (Å²) in [7, 11) is -3.68. The number of hydrogen-bond donors (Lipinski definition) is 1. The van der Waals surface area contributed by atoms with Gasteiger partial charge in [-0.05, 0) is 13.0 Å². The maximum Gasteiger partial charge on any atom is 0.418 e. The van der Waals surface area contributed by atoms with Crippen molar-refractivity contribution < 1.29 is 21.6 Å². The molecular formula is C15H16F3N3O2S. The van der Waals surface area contributed by atoms with Gasteiger partial charge in [0.1, 0.15) is 5.84 Å². The Hall–Kier alpha value is -2.03. The van der Waals surface area contributed by atoms with Gasteiger partial charge in [-0.25, -0.2) is 8.42 Å². The molecule has 0 radical (unpaired) electrons. The van der Waals surface area contributed by atoms with E-state index in [1.807, 2.05) is 0 Å². The topological polar surface area (TPSA) is 63.5 Å². The molecule has 130 valence electrons. The second kappa shape index (κ2) is 5.51. The number of amidine groups is 1. The van der Waals surface area contributed by atoms with Gasteiger partial charge >= 0.3 is 6.18 Å². The first-order valence-corrected chi connectivity index (χ1v) is 9.16. The number of hydrogen-bond acceptors (Lipinski definition) is 4. The predicted molar refractivity (Wildman–Crippen MR) is 85.1 cm³/mol. The molecule has 0 atom stereocenters. The van der Waals surface area contributed by atoms with Gasteiger partial charge in [0.2, 0.25) is 0 Å². The van der Waals surface area contributed by atoms with Gasteiger partial charge in [0, 0.05) is 23.9 Å². The highest BCUT2D eigenvalue weighted by molar-refractivity contribution is 7.91. The van der Waals surface area contributed by atoms with E-state index >= 15 is 0 Å². The minimum absolute atomic E-state index is 0.0674. The van der Waals surface area contributed by atoms with Crippen LogP contribution in [0.1, 0.15) is 11.3 Å². The number of benzene rings is 1. The smallest absolute Gasteiger partial charge is 0.370 e. The van der Waals surface area contributed by atoms with Crippen molar-refractivity contribution in [1.29, 1.82) is 0 Å². The fourth-order valence-electron chi connectivity index (χ4n) is 3.10. The molecule has 0 spiro atoms. The Balaban J connectivity index is 2.37. The summed E-state index contributed by atoms with van der Waals surface area (Å²) in [5.41, 5.74) is -0.698. The quantitative estimate of drug-likeness (QED) is 0.915. The fraction of sp³-hybridized carbons (Fsp3) is 0.400. The summed E-state index contributed by atoms with van der Waals surface area (Å²) in [5, 5.41) is 3.09. The lowest BCUT2D eigenvalue weighted by Crippen LogP contribution is -2.24. The van der Waals surface area contributed by atoms with Crippen molar-refractivity contribution in [3.05, 3.63) is 29.5 Å². The summed E-state index contributed by atoms with van der Waals surface area (Å²) in [5.74, 6) is 0.548. The predicted octanol–water partition coefficient (Wildman–Crippen LogP) is 2.37. The molecule has 0 aliphatic carbocycles. The van der Waals surface area contributed by atoms with E-state index in [-0.39, 0.29) is 28.0 Å². The van der Waals surface area contributed by atoms with Crippen LogP contribution in [0.2, 0.25) is 0 Å². The number of nitrogens with one attached hydrogen (secondary N) is 1. The summed E-state index contributed by atoms with van der Waals surface area (Å²) >= 11 is 0. The van der Waals surface area contributed by atoms with Gasteiger partial charge in [0.25, 0.3) is 0 Å².